The van der Waals surface area contributed by atoms with Crippen LogP contribution < -0.4 is 0 Å². The minimum Gasteiger partial charge on any atom is -0.508 e. The molecule has 0 heterocycles. The summed E-state index contributed by atoms with van der Waals surface area (Å²) in [5.74, 6) is 0.894. The number of aldehydes is 1. The second-order valence-corrected chi connectivity index (χ2v) is 7.65. The van der Waals surface area contributed by atoms with Crippen LogP contribution in [-0.4, -0.2) is 22.1 Å². The average molecular weight is 314 g/mol. The summed E-state index contributed by atoms with van der Waals surface area (Å²) < 4.78 is 0. The molecule has 2 aliphatic rings. The third kappa shape index (κ3) is 2.72. The number of carbonyl (C=O) groups excluding carboxylic acids is 1. The molecule has 0 bridgehead atoms. The smallest absolute Gasteiger partial charge is 0.145 e. The Labute approximate surface area is 138 Å². The highest BCUT2D eigenvalue weighted by Gasteiger charge is 2.58. The summed E-state index contributed by atoms with van der Waals surface area (Å²) >= 11 is 0. The van der Waals surface area contributed by atoms with Crippen LogP contribution in [0.1, 0.15) is 57.4 Å². The van der Waals surface area contributed by atoms with Crippen molar-refractivity contribution in [2.45, 2.75) is 57.5 Å². The van der Waals surface area contributed by atoms with E-state index >= 15 is 0 Å². The first-order valence-electron chi connectivity index (χ1n) is 8.53. The van der Waals surface area contributed by atoms with E-state index in [0.717, 1.165) is 44.0 Å². The standard InChI is InChI=1S/C20H26O3/c1-14(13-21)11-17-8-10-20(23)12-16(7-9-19(17,20)2)15-3-5-18(22)6-4-15/h3-6,11,13,16-17,22-23H,7-10,12H2,1-2H3/b14-11+/t16-,17+,19+,20-/m0/s1. The van der Waals surface area contributed by atoms with Gasteiger partial charge >= 0.3 is 0 Å². The van der Waals surface area contributed by atoms with Crippen LogP contribution in [-0.2, 0) is 4.79 Å². The Kier molecular flexibility index (Phi) is 4.09. The lowest BCUT2D eigenvalue weighted by Crippen LogP contribution is -2.49. The average Bonchev–Trinajstić information content (AvgIpc) is 2.79. The van der Waals surface area contributed by atoms with Gasteiger partial charge in [-0.3, -0.25) is 4.79 Å². The highest BCUT2D eigenvalue weighted by atomic mass is 16.3. The van der Waals surface area contributed by atoms with Gasteiger partial charge in [0, 0.05) is 5.41 Å². The van der Waals surface area contributed by atoms with Gasteiger partial charge in [0.25, 0.3) is 0 Å². The fourth-order valence-electron chi connectivity index (χ4n) is 4.74. The lowest BCUT2D eigenvalue weighted by atomic mass is 9.59. The van der Waals surface area contributed by atoms with Crippen molar-refractivity contribution in [2.75, 3.05) is 0 Å². The first-order chi connectivity index (χ1) is 10.9. The summed E-state index contributed by atoms with van der Waals surface area (Å²) in [7, 11) is 0. The van der Waals surface area contributed by atoms with Gasteiger partial charge in [0.15, 0.2) is 0 Å². The van der Waals surface area contributed by atoms with E-state index in [-0.39, 0.29) is 17.1 Å². The molecule has 2 aliphatic carbocycles. The fraction of sp³-hybridized carbons (Fsp3) is 0.550. The lowest BCUT2D eigenvalue weighted by molar-refractivity contribution is -0.105. The topological polar surface area (TPSA) is 57.5 Å². The number of aliphatic hydroxyl groups is 1. The molecule has 2 saturated carbocycles. The zero-order valence-corrected chi connectivity index (χ0v) is 14.0. The summed E-state index contributed by atoms with van der Waals surface area (Å²) in [4.78, 5) is 11.0. The van der Waals surface area contributed by atoms with Crippen molar-refractivity contribution in [1.82, 2.24) is 0 Å². The third-order valence-corrected chi connectivity index (χ3v) is 6.36. The number of allylic oxidation sites excluding steroid dienone is 2. The molecular formula is C20H26O3. The molecule has 0 unspecified atom stereocenters. The molecule has 0 saturated heterocycles. The lowest BCUT2D eigenvalue weighted by Gasteiger charge is -2.49. The molecule has 0 aliphatic heterocycles. The summed E-state index contributed by atoms with van der Waals surface area (Å²) in [6.07, 6.45) is 7.47. The van der Waals surface area contributed by atoms with Crippen molar-refractivity contribution >= 4 is 6.29 Å². The monoisotopic (exact) mass is 314 g/mol. The first kappa shape index (κ1) is 16.3. The zero-order chi connectivity index (χ0) is 16.7. The molecule has 0 aromatic heterocycles. The molecule has 124 valence electrons. The predicted octanol–water partition coefficient (Wildman–Crippen LogP) is 3.95. The molecule has 4 atom stereocenters. The second-order valence-electron chi connectivity index (χ2n) is 7.65. The fourth-order valence-corrected chi connectivity index (χ4v) is 4.74. The van der Waals surface area contributed by atoms with Crippen LogP contribution in [0.3, 0.4) is 0 Å². The Balaban J connectivity index is 1.83. The number of rotatable bonds is 3. The molecule has 1 aromatic rings. The molecular weight excluding hydrogens is 288 g/mol. The predicted molar refractivity (Wildman–Crippen MR) is 90.3 cm³/mol. The highest BCUT2D eigenvalue weighted by molar-refractivity contribution is 5.72. The van der Waals surface area contributed by atoms with Crippen molar-refractivity contribution in [2.24, 2.45) is 11.3 Å². The maximum atomic E-state index is 11.3. The number of aromatic hydroxyl groups is 1. The summed E-state index contributed by atoms with van der Waals surface area (Å²) in [5.41, 5.74) is 1.14. The molecule has 3 nitrogen and oxygen atoms in total. The van der Waals surface area contributed by atoms with Crippen LogP contribution >= 0.6 is 0 Å². The van der Waals surface area contributed by atoms with Crippen molar-refractivity contribution in [3.63, 3.8) is 0 Å². The molecule has 3 heteroatoms. The Morgan fingerprint density at radius 2 is 1.91 bits per heavy atom. The van der Waals surface area contributed by atoms with E-state index in [0.29, 0.717) is 5.92 Å². The summed E-state index contributed by atoms with van der Waals surface area (Å²) in [6, 6.07) is 7.38. The summed E-state index contributed by atoms with van der Waals surface area (Å²) in [5, 5.41) is 20.8. The van der Waals surface area contributed by atoms with Crippen LogP contribution in [0.2, 0.25) is 0 Å². The molecule has 23 heavy (non-hydrogen) atoms. The van der Waals surface area contributed by atoms with E-state index in [1.807, 2.05) is 19.1 Å². The van der Waals surface area contributed by atoms with Gasteiger partial charge in [0.1, 0.15) is 12.0 Å². The number of benzene rings is 1. The van der Waals surface area contributed by atoms with Gasteiger partial charge in [0.2, 0.25) is 0 Å². The van der Waals surface area contributed by atoms with E-state index in [1.165, 1.54) is 5.56 Å². The van der Waals surface area contributed by atoms with E-state index < -0.39 is 5.60 Å². The van der Waals surface area contributed by atoms with Crippen molar-refractivity contribution < 1.29 is 15.0 Å². The van der Waals surface area contributed by atoms with Gasteiger partial charge < -0.3 is 10.2 Å². The first-order valence-corrected chi connectivity index (χ1v) is 8.53. The highest BCUT2D eigenvalue weighted by Crippen LogP contribution is 2.61. The van der Waals surface area contributed by atoms with Gasteiger partial charge in [0.05, 0.1) is 5.60 Å². The number of hydrogen-bond donors (Lipinski definition) is 2. The molecule has 0 spiro atoms. The normalized spacial score (nSPS) is 37.4. The molecule has 0 radical (unpaired) electrons. The van der Waals surface area contributed by atoms with Crippen LogP contribution in [0, 0.1) is 11.3 Å². The molecule has 2 N–H and O–H groups in total. The molecule has 2 fully saturated rings. The van der Waals surface area contributed by atoms with E-state index in [1.54, 1.807) is 12.1 Å². The Morgan fingerprint density at radius 1 is 1.22 bits per heavy atom. The summed E-state index contributed by atoms with van der Waals surface area (Å²) in [6.45, 7) is 4.03. The van der Waals surface area contributed by atoms with Gasteiger partial charge in [-0.1, -0.05) is 25.1 Å². The Bertz CT molecular complexity index is 618. The number of hydrogen-bond acceptors (Lipinski definition) is 3. The van der Waals surface area contributed by atoms with Crippen molar-refractivity contribution in [3.8, 4) is 5.75 Å². The minimum absolute atomic E-state index is 0.148. The Morgan fingerprint density at radius 3 is 2.57 bits per heavy atom. The molecule has 3 rings (SSSR count). The minimum atomic E-state index is -0.669. The second kappa shape index (κ2) is 5.79. The molecule has 1 aromatic carbocycles. The number of fused-ring (bicyclic) bond motifs is 1. The Hall–Kier alpha value is -1.61. The zero-order valence-electron chi connectivity index (χ0n) is 14.0. The molecule has 0 amide bonds. The quantitative estimate of drug-likeness (QED) is 0.656. The van der Waals surface area contributed by atoms with Crippen LogP contribution in [0.5, 0.6) is 5.75 Å². The van der Waals surface area contributed by atoms with Gasteiger partial charge in [-0.25, -0.2) is 0 Å². The van der Waals surface area contributed by atoms with Crippen molar-refractivity contribution in [3.05, 3.63) is 41.5 Å². The van der Waals surface area contributed by atoms with Crippen LogP contribution in [0.4, 0.5) is 0 Å². The van der Waals surface area contributed by atoms with Gasteiger partial charge in [-0.2, -0.15) is 0 Å². The maximum absolute atomic E-state index is 11.3. The maximum Gasteiger partial charge on any atom is 0.145 e. The van der Waals surface area contributed by atoms with E-state index in [9.17, 15) is 15.0 Å². The van der Waals surface area contributed by atoms with Crippen molar-refractivity contribution in [1.29, 1.82) is 0 Å². The third-order valence-electron chi connectivity index (χ3n) is 6.36. The number of phenols is 1. The van der Waals surface area contributed by atoms with Crippen LogP contribution in [0.15, 0.2) is 35.9 Å². The number of carbonyl (C=O) groups is 1. The van der Waals surface area contributed by atoms with Crippen LogP contribution in [0.25, 0.3) is 0 Å². The SMILES string of the molecule is C/C(C=O)=C\[C@H]1CC[C@]2(O)C[C@@H](c3ccc(O)cc3)CC[C@]12C. The van der Waals surface area contributed by atoms with E-state index in [2.05, 4.69) is 13.0 Å². The largest absolute Gasteiger partial charge is 0.508 e. The number of phenolic OH excluding ortho intramolecular Hbond substituents is 1. The van der Waals surface area contributed by atoms with Gasteiger partial charge in [-0.05, 0) is 74.1 Å². The van der Waals surface area contributed by atoms with E-state index in [4.69, 9.17) is 0 Å². The van der Waals surface area contributed by atoms with Gasteiger partial charge in [-0.15, -0.1) is 0 Å².